The molecule has 1 aromatic rings. The molecule has 0 amide bonds. The fraction of sp³-hybridized carbons (Fsp3) is 0.571. The summed E-state index contributed by atoms with van der Waals surface area (Å²) in [4.78, 5) is 4.79. The Morgan fingerprint density at radius 2 is 1.94 bits per heavy atom. The molecule has 1 heterocycles. The monoisotopic (exact) mass is 268 g/mol. The second-order valence-electron chi connectivity index (χ2n) is 4.93. The summed E-state index contributed by atoms with van der Waals surface area (Å²) in [7, 11) is 2.17. The summed E-state index contributed by atoms with van der Waals surface area (Å²) < 4.78 is 5.76. The van der Waals surface area contributed by atoms with Crippen molar-refractivity contribution in [1.29, 1.82) is 0 Å². The number of nitrogens with zero attached hydrogens (tertiary/aromatic N) is 2. The highest BCUT2D eigenvalue weighted by atomic mass is 35.5. The predicted molar refractivity (Wildman–Crippen MR) is 75.6 cm³/mol. The number of rotatable bonds is 4. The van der Waals surface area contributed by atoms with Gasteiger partial charge in [-0.15, -0.1) is 0 Å². The lowest BCUT2D eigenvalue weighted by Crippen LogP contribution is -2.45. The topological polar surface area (TPSA) is 15.7 Å². The average Bonchev–Trinajstić information content (AvgIpc) is 2.36. The van der Waals surface area contributed by atoms with Gasteiger partial charge < -0.3 is 9.64 Å². The molecule has 0 saturated carbocycles. The second kappa shape index (κ2) is 6.41. The summed E-state index contributed by atoms with van der Waals surface area (Å²) in [5.41, 5.74) is 1.17. The normalized spacial score (nSPS) is 17.9. The van der Waals surface area contributed by atoms with Crippen LogP contribution in [0.2, 0.25) is 5.02 Å². The van der Waals surface area contributed by atoms with E-state index in [-0.39, 0.29) is 0 Å². The number of ether oxygens (including phenoxy) is 1. The van der Waals surface area contributed by atoms with Crippen molar-refractivity contribution >= 4 is 11.6 Å². The lowest BCUT2D eigenvalue weighted by atomic mass is 10.2. The van der Waals surface area contributed by atoms with Crippen LogP contribution in [0.5, 0.6) is 5.75 Å². The fourth-order valence-corrected chi connectivity index (χ4v) is 2.25. The molecule has 0 spiro atoms. The van der Waals surface area contributed by atoms with Gasteiger partial charge in [0.15, 0.2) is 0 Å². The Morgan fingerprint density at radius 3 is 2.67 bits per heavy atom. The molecule has 3 nitrogen and oxygen atoms in total. The predicted octanol–water partition coefficient (Wildman–Crippen LogP) is 2.27. The first kappa shape index (κ1) is 13.7. The van der Waals surface area contributed by atoms with Crippen molar-refractivity contribution < 1.29 is 4.74 Å². The summed E-state index contributed by atoms with van der Waals surface area (Å²) in [6, 6.07) is 5.88. The van der Waals surface area contributed by atoms with Gasteiger partial charge in [-0.05, 0) is 31.7 Å². The van der Waals surface area contributed by atoms with Crippen molar-refractivity contribution in [2.24, 2.45) is 0 Å². The van der Waals surface area contributed by atoms with E-state index in [9.17, 15) is 0 Å². The minimum absolute atomic E-state index is 0.693. The van der Waals surface area contributed by atoms with E-state index in [0.717, 1.165) is 38.5 Å². The summed E-state index contributed by atoms with van der Waals surface area (Å²) in [6.45, 7) is 8.26. The van der Waals surface area contributed by atoms with Crippen molar-refractivity contribution in [3.8, 4) is 5.75 Å². The maximum Gasteiger partial charge on any atom is 0.138 e. The molecule has 1 aromatic carbocycles. The molecule has 0 atom stereocenters. The quantitative estimate of drug-likeness (QED) is 0.833. The zero-order valence-electron chi connectivity index (χ0n) is 11.2. The maximum atomic E-state index is 6.09. The molecule has 1 saturated heterocycles. The third-order valence-electron chi connectivity index (χ3n) is 3.35. The summed E-state index contributed by atoms with van der Waals surface area (Å²) >= 11 is 6.09. The van der Waals surface area contributed by atoms with Crippen molar-refractivity contribution in [2.45, 2.75) is 6.92 Å². The van der Waals surface area contributed by atoms with Gasteiger partial charge in [-0.25, -0.2) is 0 Å². The molecule has 0 aromatic heterocycles. The molecule has 1 aliphatic rings. The third-order valence-corrected chi connectivity index (χ3v) is 3.66. The van der Waals surface area contributed by atoms with Crippen LogP contribution in [0.1, 0.15) is 5.56 Å². The maximum absolute atomic E-state index is 6.09. The highest BCUT2D eigenvalue weighted by Crippen LogP contribution is 2.25. The van der Waals surface area contributed by atoms with Gasteiger partial charge in [0.1, 0.15) is 12.4 Å². The molecule has 0 aliphatic carbocycles. The van der Waals surface area contributed by atoms with Crippen LogP contribution in [0.25, 0.3) is 0 Å². The van der Waals surface area contributed by atoms with Gasteiger partial charge >= 0.3 is 0 Å². The largest absolute Gasteiger partial charge is 0.491 e. The number of benzene rings is 1. The molecule has 100 valence electrons. The Bertz CT molecular complexity index is 389. The first-order valence-corrected chi connectivity index (χ1v) is 6.83. The van der Waals surface area contributed by atoms with E-state index in [0.29, 0.717) is 11.6 Å². The van der Waals surface area contributed by atoms with E-state index in [4.69, 9.17) is 16.3 Å². The minimum Gasteiger partial charge on any atom is -0.491 e. The van der Waals surface area contributed by atoms with Crippen molar-refractivity contribution in [3.05, 3.63) is 28.8 Å². The van der Waals surface area contributed by atoms with Crippen molar-refractivity contribution in [2.75, 3.05) is 46.4 Å². The van der Waals surface area contributed by atoms with Crippen LogP contribution in [0, 0.1) is 6.92 Å². The first-order valence-electron chi connectivity index (χ1n) is 6.45. The zero-order valence-corrected chi connectivity index (χ0v) is 11.9. The Balaban J connectivity index is 1.76. The summed E-state index contributed by atoms with van der Waals surface area (Å²) in [5, 5.41) is 0.693. The lowest BCUT2D eigenvalue weighted by molar-refractivity contribution is 0.134. The summed E-state index contributed by atoms with van der Waals surface area (Å²) in [6.07, 6.45) is 0. The van der Waals surface area contributed by atoms with Crippen LogP contribution in [-0.4, -0.2) is 56.2 Å². The molecular formula is C14H21ClN2O. The Labute approximate surface area is 114 Å². The number of halogens is 1. The van der Waals surface area contributed by atoms with E-state index in [1.54, 1.807) is 0 Å². The third kappa shape index (κ3) is 3.87. The van der Waals surface area contributed by atoms with Gasteiger partial charge in [0.05, 0.1) is 5.02 Å². The van der Waals surface area contributed by atoms with Gasteiger partial charge in [-0.2, -0.15) is 0 Å². The number of hydrogen-bond donors (Lipinski definition) is 0. The van der Waals surface area contributed by atoms with Gasteiger partial charge in [-0.1, -0.05) is 17.7 Å². The number of likely N-dealkylation sites (N-methyl/N-ethyl adjacent to an activating group) is 1. The molecule has 4 heteroatoms. The van der Waals surface area contributed by atoms with Crippen molar-refractivity contribution in [3.63, 3.8) is 0 Å². The zero-order chi connectivity index (χ0) is 13.0. The van der Waals surface area contributed by atoms with Crippen LogP contribution in [0.3, 0.4) is 0 Å². The van der Waals surface area contributed by atoms with Crippen LogP contribution >= 0.6 is 11.6 Å². The molecule has 0 bridgehead atoms. The van der Waals surface area contributed by atoms with E-state index >= 15 is 0 Å². The lowest BCUT2D eigenvalue weighted by Gasteiger charge is -2.32. The molecule has 1 fully saturated rings. The number of piperazine rings is 1. The SMILES string of the molecule is Cc1ccc(Cl)c(OCCN2CCN(C)CC2)c1. The van der Waals surface area contributed by atoms with E-state index in [2.05, 4.69) is 16.8 Å². The van der Waals surface area contributed by atoms with Crippen LogP contribution in [0.4, 0.5) is 0 Å². The van der Waals surface area contributed by atoms with E-state index in [1.807, 2.05) is 25.1 Å². The number of hydrogen-bond acceptors (Lipinski definition) is 3. The van der Waals surface area contributed by atoms with Gasteiger partial charge in [0, 0.05) is 32.7 Å². The Morgan fingerprint density at radius 1 is 1.22 bits per heavy atom. The second-order valence-corrected chi connectivity index (χ2v) is 5.33. The van der Waals surface area contributed by atoms with Crippen LogP contribution < -0.4 is 4.74 Å². The van der Waals surface area contributed by atoms with Gasteiger partial charge in [-0.3, -0.25) is 4.90 Å². The first-order chi connectivity index (χ1) is 8.65. The summed E-state index contributed by atoms with van der Waals surface area (Å²) in [5.74, 6) is 0.797. The molecular weight excluding hydrogens is 248 g/mol. The minimum atomic E-state index is 0.693. The van der Waals surface area contributed by atoms with Crippen LogP contribution in [-0.2, 0) is 0 Å². The molecule has 18 heavy (non-hydrogen) atoms. The average molecular weight is 269 g/mol. The molecule has 2 rings (SSSR count). The number of aryl methyl sites for hydroxylation is 1. The molecule has 0 unspecified atom stereocenters. The fourth-order valence-electron chi connectivity index (χ4n) is 2.08. The molecule has 0 radical (unpaired) electrons. The highest BCUT2D eigenvalue weighted by molar-refractivity contribution is 6.32. The van der Waals surface area contributed by atoms with Gasteiger partial charge in [0.2, 0.25) is 0 Å². The van der Waals surface area contributed by atoms with Crippen molar-refractivity contribution in [1.82, 2.24) is 9.80 Å². The smallest absolute Gasteiger partial charge is 0.138 e. The van der Waals surface area contributed by atoms with Gasteiger partial charge in [0.25, 0.3) is 0 Å². The molecule has 0 N–H and O–H groups in total. The Hall–Kier alpha value is -0.770. The standard InChI is InChI=1S/C14H21ClN2O/c1-12-3-4-13(15)14(11-12)18-10-9-17-7-5-16(2)6-8-17/h3-4,11H,5-10H2,1-2H3. The van der Waals surface area contributed by atoms with Crippen LogP contribution in [0.15, 0.2) is 18.2 Å². The van der Waals surface area contributed by atoms with E-state index < -0.39 is 0 Å². The molecule has 1 aliphatic heterocycles. The Kier molecular flexibility index (Phi) is 4.87. The van der Waals surface area contributed by atoms with E-state index in [1.165, 1.54) is 5.56 Å². The highest BCUT2D eigenvalue weighted by Gasteiger charge is 2.13.